The zero-order valence-corrected chi connectivity index (χ0v) is 27.0. The first-order valence-electron chi connectivity index (χ1n) is 15.3. The number of nitrogens with zero attached hydrogens (tertiary/aromatic N) is 1. The van der Waals surface area contributed by atoms with Crippen molar-refractivity contribution >= 4 is 26.3 Å². The fourth-order valence-electron chi connectivity index (χ4n) is 6.32. The summed E-state index contributed by atoms with van der Waals surface area (Å²) in [4.78, 5) is 0. The minimum Gasteiger partial charge on any atom is -0.394 e. The molecule has 7 atom stereocenters. The average Bonchev–Trinajstić information content (AvgIpc) is 3.59. The first kappa shape index (κ1) is 33.0. The molecule has 2 aliphatic rings. The van der Waals surface area contributed by atoms with Crippen LogP contribution in [0.2, 0.25) is 0 Å². The van der Waals surface area contributed by atoms with Crippen LogP contribution in [0.4, 0.5) is 0 Å². The number of aliphatic hydroxyl groups excluding tert-OH is 1. The van der Waals surface area contributed by atoms with Crippen LogP contribution in [0.15, 0.2) is 91.0 Å². The minimum absolute atomic E-state index is 0.00528. The molecule has 3 aromatic rings. The average molecular weight is 634 g/mol. The number of nitriles is 1. The van der Waals surface area contributed by atoms with Crippen LogP contribution in [0.1, 0.15) is 42.9 Å². The molecule has 2 fully saturated rings. The van der Waals surface area contributed by atoms with Gasteiger partial charge in [0.1, 0.15) is 7.85 Å². The third-order valence-electron chi connectivity index (χ3n) is 8.29. The SMILES string of the molecule is B[C@H]1C[C@@H](NP(=S)(OCCC#N)OC[C@H]2O[C@@H](C)C[C@H]2NC(c2ccccc2)(c2ccccc2)c2ccccc2)[C@@H](CO)O1. The minimum atomic E-state index is -3.07. The lowest BCUT2D eigenvalue weighted by atomic mass is 9.76. The highest BCUT2D eigenvalue weighted by Gasteiger charge is 2.44. The maximum absolute atomic E-state index is 9.88. The van der Waals surface area contributed by atoms with Crippen LogP contribution < -0.4 is 10.4 Å². The molecule has 0 aliphatic carbocycles. The highest BCUT2D eigenvalue weighted by atomic mass is 32.5. The van der Waals surface area contributed by atoms with E-state index in [2.05, 4.69) is 96.2 Å². The van der Waals surface area contributed by atoms with Crippen molar-refractivity contribution in [3.63, 3.8) is 0 Å². The second-order valence-electron chi connectivity index (χ2n) is 11.5. The summed E-state index contributed by atoms with van der Waals surface area (Å²) in [5, 5.41) is 26.4. The van der Waals surface area contributed by atoms with Gasteiger partial charge in [-0.25, -0.2) is 5.09 Å². The monoisotopic (exact) mass is 633 g/mol. The van der Waals surface area contributed by atoms with Crippen molar-refractivity contribution < 1.29 is 23.6 Å². The molecule has 1 unspecified atom stereocenters. The van der Waals surface area contributed by atoms with Gasteiger partial charge in [0.25, 0.3) is 6.64 Å². The second-order valence-corrected chi connectivity index (χ2v) is 14.7. The molecule has 44 heavy (non-hydrogen) atoms. The molecule has 0 amide bonds. The van der Waals surface area contributed by atoms with Crippen molar-refractivity contribution in [2.24, 2.45) is 0 Å². The highest BCUT2D eigenvalue weighted by molar-refractivity contribution is 8.09. The van der Waals surface area contributed by atoms with Crippen molar-refractivity contribution in [3.05, 3.63) is 108 Å². The Balaban J connectivity index is 1.44. The molecule has 0 spiro atoms. The van der Waals surface area contributed by atoms with Crippen LogP contribution in [0.3, 0.4) is 0 Å². The van der Waals surface area contributed by atoms with E-state index in [1.165, 1.54) is 0 Å². The first-order chi connectivity index (χ1) is 21.4. The Hall–Kier alpha value is -2.42. The van der Waals surface area contributed by atoms with Crippen molar-refractivity contribution in [3.8, 4) is 6.07 Å². The lowest BCUT2D eigenvalue weighted by molar-refractivity contribution is 0.0140. The molecule has 0 aromatic heterocycles. The summed E-state index contributed by atoms with van der Waals surface area (Å²) in [6.45, 7) is -0.782. The summed E-state index contributed by atoms with van der Waals surface area (Å²) in [7, 11) is 1.97. The van der Waals surface area contributed by atoms with Crippen molar-refractivity contribution in [2.45, 2.75) is 68.1 Å². The Morgan fingerprint density at radius 2 is 1.48 bits per heavy atom. The van der Waals surface area contributed by atoms with Crippen LogP contribution >= 0.6 is 6.64 Å². The molecule has 3 N–H and O–H groups in total. The summed E-state index contributed by atoms with van der Waals surface area (Å²) < 4.78 is 24.8. The summed E-state index contributed by atoms with van der Waals surface area (Å²) >= 11 is 5.97. The van der Waals surface area contributed by atoms with Gasteiger partial charge in [-0.05, 0) is 48.3 Å². The Labute approximate surface area is 266 Å². The van der Waals surface area contributed by atoms with E-state index in [1.54, 1.807) is 0 Å². The summed E-state index contributed by atoms with van der Waals surface area (Å²) in [5.41, 5.74) is 2.70. The molecule has 0 radical (unpaired) electrons. The molecular weight excluding hydrogens is 592 g/mol. The molecule has 3 aromatic carbocycles. The first-order valence-corrected chi connectivity index (χ1v) is 17.9. The fourth-order valence-corrected chi connectivity index (χ4v) is 8.71. The number of hydrogen-bond donors (Lipinski definition) is 3. The van der Waals surface area contributed by atoms with Gasteiger partial charge in [-0.3, -0.25) is 5.32 Å². The zero-order valence-electron chi connectivity index (χ0n) is 25.2. The predicted octanol–water partition coefficient (Wildman–Crippen LogP) is 3.98. The maximum atomic E-state index is 9.88. The summed E-state index contributed by atoms with van der Waals surface area (Å²) in [6, 6.07) is 33.2. The van der Waals surface area contributed by atoms with Gasteiger partial charge in [0.05, 0.1) is 56.2 Å². The Morgan fingerprint density at radius 3 is 2.00 bits per heavy atom. The largest absolute Gasteiger partial charge is 0.394 e. The van der Waals surface area contributed by atoms with Crippen LogP contribution in [-0.2, 0) is 35.9 Å². The van der Waals surface area contributed by atoms with Gasteiger partial charge >= 0.3 is 0 Å². The van der Waals surface area contributed by atoms with Crippen molar-refractivity contribution in [1.29, 1.82) is 5.26 Å². The molecule has 5 rings (SSSR count). The van der Waals surface area contributed by atoms with Crippen molar-refractivity contribution in [1.82, 2.24) is 10.4 Å². The van der Waals surface area contributed by atoms with Gasteiger partial charge in [0.15, 0.2) is 0 Å². The molecule has 232 valence electrons. The van der Waals surface area contributed by atoms with E-state index in [-0.39, 0.29) is 56.5 Å². The maximum Gasteiger partial charge on any atom is 0.261 e. The van der Waals surface area contributed by atoms with Gasteiger partial charge < -0.3 is 23.6 Å². The topological polar surface area (TPSA) is 105 Å². The normalized spacial score (nSPS) is 26.7. The van der Waals surface area contributed by atoms with Gasteiger partial charge in [-0.15, -0.1) is 0 Å². The number of nitrogens with one attached hydrogen (secondary N) is 2. The summed E-state index contributed by atoms with van der Waals surface area (Å²) in [6.07, 6.45) is 0.902. The number of benzene rings is 3. The van der Waals surface area contributed by atoms with Gasteiger partial charge in [0, 0.05) is 18.1 Å². The Bertz CT molecular complexity index is 1320. The number of ether oxygens (including phenoxy) is 2. The fraction of sp³-hybridized carbons (Fsp3) is 0.424. The number of aliphatic hydroxyl groups is 1. The highest BCUT2D eigenvalue weighted by Crippen LogP contribution is 2.47. The second kappa shape index (κ2) is 15.2. The molecule has 2 aliphatic heterocycles. The Morgan fingerprint density at radius 1 is 0.909 bits per heavy atom. The lowest BCUT2D eigenvalue weighted by Gasteiger charge is -2.40. The van der Waals surface area contributed by atoms with Gasteiger partial charge in [-0.2, -0.15) is 5.26 Å². The third-order valence-corrected chi connectivity index (χ3v) is 10.9. The lowest BCUT2D eigenvalue weighted by Crippen LogP contribution is -2.53. The van der Waals surface area contributed by atoms with E-state index in [9.17, 15) is 5.11 Å². The Kier molecular flexibility index (Phi) is 11.4. The molecular formula is C33H41BN3O5PS. The van der Waals surface area contributed by atoms with E-state index < -0.39 is 18.3 Å². The molecule has 11 heteroatoms. The molecule has 0 saturated carbocycles. The molecule has 2 saturated heterocycles. The van der Waals surface area contributed by atoms with Crippen molar-refractivity contribution in [2.75, 3.05) is 19.8 Å². The quantitative estimate of drug-likeness (QED) is 0.105. The molecule has 8 nitrogen and oxygen atoms in total. The molecule has 0 bridgehead atoms. The predicted molar refractivity (Wildman–Crippen MR) is 177 cm³/mol. The number of hydrogen-bond acceptors (Lipinski definition) is 8. The molecule has 2 heterocycles. The van der Waals surface area contributed by atoms with Crippen LogP contribution in [0.25, 0.3) is 0 Å². The third kappa shape index (κ3) is 7.68. The zero-order chi connectivity index (χ0) is 31.0. The van der Waals surface area contributed by atoms with Gasteiger partial charge in [-0.1, -0.05) is 91.0 Å². The standard InChI is InChI=1S/C33H41BN3O5PS/c1-24-20-28(31(41-24)23-40-43(44,39-19-11-18-35)37-29-21-32(34)42-30(29)22-38)36-33(25-12-5-2-6-13-25,26-14-7-3-8-15-26)27-16-9-4-10-17-27/h2-10,12-17,24,28-32,36,38H,11,19-23,34H2,1H3,(H,37,44)/t24-,28+,29+,30+,31+,32+,43?/m0/s1. The van der Waals surface area contributed by atoms with E-state index in [0.29, 0.717) is 6.42 Å². The summed E-state index contributed by atoms with van der Waals surface area (Å²) in [5.74, 6) is 0. The van der Waals surface area contributed by atoms with Gasteiger partial charge in [0.2, 0.25) is 0 Å². The smallest absolute Gasteiger partial charge is 0.261 e. The van der Waals surface area contributed by atoms with E-state index >= 15 is 0 Å². The van der Waals surface area contributed by atoms with E-state index in [4.69, 9.17) is 35.6 Å². The van der Waals surface area contributed by atoms with Crippen LogP contribution in [-0.4, -0.2) is 69.2 Å². The van der Waals surface area contributed by atoms with E-state index in [1.807, 2.05) is 26.0 Å². The number of rotatable bonds is 14. The van der Waals surface area contributed by atoms with Crippen LogP contribution in [0.5, 0.6) is 0 Å². The van der Waals surface area contributed by atoms with E-state index in [0.717, 1.165) is 23.1 Å². The van der Waals surface area contributed by atoms with Crippen LogP contribution in [0, 0.1) is 11.3 Å².